The Morgan fingerprint density at radius 1 is 0.833 bits per heavy atom. The molecule has 30 heavy (non-hydrogen) atoms. The van der Waals surface area contributed by atoms with E-state index in [0.717, 1.165) is 0 Å². The number of methoxy groups -OCH3 is 1. The predicted octanol–water partition coefficient (Wildman–Crippen LogP) is 2.74. The highest BCUT2D eigenvalue weighted by Crippen LogP contribution is 2.28. The van der Waals surface area contributed by atoms with Gasteiger partial charge in [-0.15, -0.1) is 0 Å². The van der Waals surface area contributed by atoms with E-state index >= 15 is 0 Å². The van der Waals surface area contributed by atoms with Gasteiger partial charge in [-0.3, -0.25) is 20.4 Å². The van der Waals surface area contributed by atoms with E-state index in [-0.39, 0.29) is 22.1 Å². The third-order valence-corrected chi connectivity index (χ3v) is 6.31. The first-order valence-corrected chi connectivity index (χ1v) is 10.9. The number of rotatable bonds is 7. The largest absolute Gasteiger partial charge is 0.493 e. The topological polar surface area (TPSA) is 111 Å². The van der Waals surface area contributed by atoms with Crippen LogP contribution in [0.5, 0.6) is 11.5 Å². The molecule has 0 spiro atoms. The summed E-state index contributed by atoms with van der Waals surface area (Å²) in [6, 6.07) is 10.2. The van der Waals surface area contributed by atoms with Gasteiger partial charge >= 0.3 is 0 Å². The zero-order valence-corrected chi connectivity index (χ0v) is 18.4. The minimum absolute atomic E-state index is 0.0558. The molecule has 2 aromatic rings. The zero-order valence-electron chi connectivity index (χ0n) is 17.6. The van der Waals surface area contributed by atoms with Crippen LogP contribution < -0.4 is 20.3 Å². The number of carbonyl (C=O) groups is 2. The lowest BCUT2D eigenvalue weighted by Crippen LogP contribution is -2.41. The van der Waals surface area contributed by atoms with Gasteiger partial charge in [-0.25, -0.2) is 8.42 Å². The fourth-order valence-corrected chi connectivity index (χ4v) is 3.55. The third kappa shape index (κ3) is 5.50. The summed E-state index contributed by atoms with van der Waals surface area (Å²) in [5.41, 5.74) is 5.09. The maximum atomic E-state index is 12.3. The van der Waals surface area contributed by atoms with Crippen molar-refractivity contribution >= 4 is 21.7 Å². The number of hydrazine groups is 1. The molecule has 0 aromatic heterocycles. The van der Waals surface area contributed by atoms with Crippen LogP contribution in [0.1, 0.15) is 48.4 Å². The predicted molar refractivity (Wildman–Crippen MR) is 112 cm³/mol. The van der Waals surface area contributed by atoms with E-state index in [1.54, 1.807) is 26.0 Å². The normalized spacial score (nSPS) is 11.3. The molecule has 0 bridgehead atoms. The number of ether oxygens (including phenoxy) is 2. The maximum Gasteiger partial charge on any atom is 0.269 e. The second kappa shape index (κ2) is 9.62. The Bertz CT molecular complexity index is 1010. The van der Waals surface area contributed by atoms with Crippen molar-refractivity contribution in [2.75, 3.05) is 7.11 Å². The molecule has 0 unspecified atom stereocenters. The quantitative estimate of drug-likeness (QED) is 0.649. The Morgan fingerprint density at radius 2 is 1.37 bits per heavy atom. The highest BCUT2D eigenvalue weighted by atomic mass is 32.2. The molecule has 2 N–H and O–H groups in total. The molecule has 8 nitrogen and oxygen atoms in total. The Morgan fingerprint density at radius 3 is 1.87 bits per heavy atom. The summed E-state index contributed by atoms with van der Waals surface area (Å²) in [5, 5.41) is -0.564. The molecule has 0 aliphatic carbocycles. The molecule has 162 valence electrons. The van der Waals surface area contributed by atoms with Crippen LogP contribution in [0, 0.1) is 0 Å². The standard InChI is InChI=1S/C21H26N2O6S/c1-13(2)29-18-11-8-16(12-19(18)28-5)21(25)23-22-20(24)15-6-9-17(10-7-15)30(26,27)14(3)4/h6-14H,1-5H3,(H,22,24)(H,23,25). The van der Waals surface area contributed by atoms with Crippen molar-refractivity contribution in [2.24, 2.45) is 0 Å². The van der Waals surface area contributed by atoms with E-state index in [4.69, 9.17) is 9.47 Å². The highest BCUT2D eigenvalue weighted by molar-refractivity contribution is 7.92. The lowest BCUT2D eigenvalue weighted by molar-refractivity contribution is 0.0846. The van der Waals surface area contributed by atoms with E-state index < -0.39 is 26.9 Å². The number of carbonyl (C=O) groups excluding carboxylic acids is 2. The zero-order chi connectivity index (χ0) is 22.5. The van der Waals surface area contributed by atoms with E-state index in [1.807, 2.05) is 13.8 Å². The van der Waals surface area contributed by atoms with E-state index in [0.29, 0.717) is 11.5 Å². The first-order chi connectivity index (χ1) is 14.1. The smallest absolute Gasteiger partial charge is 0.269 e. The minimum atomic E-state index is -3.42. The van der Waals surface area contributed by atoms with Gasteiger partial charge in [0.2, 0.25) is 0 Å². The third-order valence-electron chi connectivity index (χ3n) is 4.14. The summed E-state index contributed by atoms with van der Waals surface area (Å²) < 4.78 is 35.1. The Kier molecular flexibility index (Phi) is 7.44. The van der Waals surface area contributed by atoms with Crippen LogP contribution in [0.3, 0.4) is 0 Å². The second-order valence-electron chi connectivity index (χ2n) is 7.06. The molecule has 0 atom stereocenters. The summed E-state index contributed by atoms with van der Waals surface area (Å²) in [5.74, 6) is -0.227. The van der Waals surface area contributed by atoms with Crippen LogP contribution in [0.4, 0.5) is 0 Å². The van der Waals surface area contributed by atoms with Gasteiger partial charge in [0.05, 0.1) is 23.4 Å². The number of nitrogens with one attached hydrogen (secondary N) is 2. The first kappa shape index (κ1) is 23.2. The van der Waals surface area contributed by atoms with Gasteiger partial charge in [0.15, 0.2) is 21.3 Å². The number of hydrogen-bond donors (Lipinski definition) is 2. The summed E-state index contributed by atoms with van der Waals surface area (Å²) >= 11 is 0. The average molecular weight is 435 g/mol. The van der Waals surface area contributed by atoms with Crippen molar-refractivity contribution in [3.05, 3.63) is 53.6 Å². The molecule has 2 rings (SSSR count). The molecule has 0 fully saturated rings. The maximum absolute atomic E-state index is 12.3. The van der Waals surface area contributed by atoms with Crippen molar-refractivity contribution in [1.82, 2.24) is 10.9 Å². The van der Waals surface area contributed by atoms with Gasteiger partial charge in [0.1, 0.15) is 0 Å². The van der Waals surface area contributed by atoms with Crippen molar-refractivity contribution < 1.29 is 27.5 Å². The van der Waals surface area contributed by atoms with Crippen LogP contribution in [-0.2, 0) is 9.84 Å². The van der Waals surface area contributed by atoms with Crippen LogP contribution >= 0.6 is 0 Å². The Balaban J connectivity index is 2.05. The molecule has 9 heteroatoms. The van der Waals surface area contributed by atoms with Gasteiger partial charge < -0.3 is 9.47 Å². The summed E-state index contributed by atoms with van der Waals surface area (Å²) in [6.45, 7) is 6.92. The lowest BCUT2D eigenvalue weighted by atomic mass is 10.2. The van der Waals surface area contributed by atoms with Crippen LogP contribution in [-0.4, -0.2) is 38.7 Å². The molecule has 0 radical (unpaired) electrons. The molecule has 0 saturated heterocycles. The molecule has 0 heterocycles. The number of hydrogen-bond acceptors (Lipinski definition) is 6. The van der Waals surface area contributed by atoms with Crippen LogP contribution in [0.2, 0.25) is 0 Å². The molecular formula is C21H26N2O6S. The molecule has 0 aliphatic rings. The van der Waals surface area contributed by atoms with Crippen molar-refractivity contribution in [2.45, 2.75) is 43.9 Å². The number of sulfone groups is 1. The number of benzene rings is 2. The highest BCUT2D eigenvalue weighted by Gasteiger charge is 2.19. The van der Waals surface area contributed by atoms with Crippen molar-refractivity contribution in [3.8, 4) is 11.5 Å². The average Bonchev–Trinajstić information content (AvgIpc) is 2.71. The van der Waals surface area contributed by atoms with Crippen LogP contribution in [0.15, 0.2) is 47.4 Å². The lowest BCUT2D eigenvalue weighted by Gasteiger charge is -2.14. The molecular weight excluding hydrogens is 408 g/mol. The molecule has 0 aliphatic heterocycles. The van der Waals surface area contributed by atoms with Crippen molar-refractivity contribution in [3.63, 3.8) is 0 Å². The molecule has 0 saturated carbocycles. The first-order valence-electron chi connectivity index (χ1n) is 9.35. The van der Waals surface area contributed by atoms with Gasteiger partial charge in [0.25, 0.3) is 11.8 Å². The summed E-state index contributed by atoms with van der Waals surface area (Å²) in [4.78, 5) is 24.7. The molecule has 2 amide bonds. The summed E-state index contributed by atoms with van der Waals surface area (Å²) in [6.07, 6.45) is -0.0558. The Labute approximate surface area is 176 Å². The summed E-state index contributed by atoms with van der Waals surface area (Å²) in [7, 11) is -1.96. The number of amides is 2. The monoisotopic (exact) mass is 434 g/mol. The van der Waals surface area contributed by atoms with Gasteiger partial charge in [-0.05, 0) is 70.2 Å². The second-order valence-corrected chi connectivity index (χ2v) is 9.56. The van der Waals surface area contributed by atoms with E-state index in [9.17, 15) is 18.0 Å². The van der Waals surface area contributed by atoms with E-state index in [1.165, 1.54) is 37.4 Å². The van der Waals surface area contributed by atoms with Gasteiger partial charge in [-0.2, -0.15) is 0 Å². The minimum Gasteiger partial charge on any atom is -0.493 e. The fourth-order valence-electron chi connectivity index (χ4n) is 2.49. The fraction of sp³-hybridized carbons (Fsp3) is 0.333. The SMILES string of the molecule is COc1cc(C(=O)NNC(=O)c2ccc(S(=O)(=O)C(C)C)cc2)ccc1OC(C)C. The van der Waals surface area contributed by atoms with E-state index in [2.05, 4.69) is 10.9 Å². The Hall–Kier alpha value is -3.07. The van der Waals surface area contributed by atoms with Gasteiger partial charge in [-0.1, -0.05) is 0 Å². The van der Waals surface area contributed by atoms with Gasteiger partial charge in [0, 0.05) is 11.1 Å². The molecule has 2 aromatic carbocycles. The van der Waals surface area contributed by atoms with Crippen molar-refractivity contribution in [1.29, 1.82) is 0 Å². The van der Waals surface area contributed by atoms with Crippen LogP contribution in [0.25, 0.3) is 0 Å².